The van der Waals surface area contributed by atoms with Crippen LogP contribution in [0.2, 0.25) is 0 Å². The number of rotatable bonds is 5. The second-order valence-corrected chi connectivity index (χ2v) is 5.39. The summed E-state index contributed by atoms with van der Waals surface area (Å²) in [7, 11) is 0. The Morgan fingerprint density at radius 2 is 2.22 bits per heavy atom. The van der Waals surface area contributed by atoms with Gasteiger partial charge in [-0.15, -0.1) is 0 Å². The number of aryl methyl sites for hydroxylation is 1. The molecule has 1 amide bonds. The van der Waals surface area contributed by atoms with Gasteiger partial charge >= 0.3 is 0 Å². The van der Waals surface area contributed by atoms with Gasteiger partial charge in [0.2, 0.25) is 0 Å². The van der Waals surface area contributed by atoms with Crippen molar-refractivity contribution in [3.63, 3.8) is 0 Å². The number of nitrogens with two attached hydrogens (primary N) is 1. The van der Waals surface area contributed by atoms with Crippen LogP contribution in [0.4, 0.5) is 10.8 Å². The lowest BCUT2D eigenvalue weighted by Gasteiger charge is -1.96. The van der Waals surface area contributed by atoms with Crippen LogP contribution in [0.15, 0.2) is 35.4 Å². The fourth-order valence-corrected chi connectivity index (χ4v) is 2.48. The van der Waals surface area contributed by atoms with E-state index in [0.717, 1.165) is 11.3 Å². The Morgan fingerprint density at radius 1 is 1.48 bits per heavy atom. The van der Waals surface area contributed by atoms with E-state index in [1.54, 1.807) is 25.1 Å². The third-order valence-corrected chi connectivity index (χ3v) is 3.74. The molecule has 0 radical (unpaired) electrons. The van der Waals surface area contributed by atoms with Gasteiger partial charge in [0.05, 0.1) is 16.2 Å². The highest BCUT2D eigenvalue weighted by atomic mass is 32.1. The molecule has 0 saturated heterocycles. The summed E-state index contributed by atoms with van der Waals surface area (Å²) >= 11 is 1.08. The summed E-state index contributed by atoms with van der Waals surface area (Å²) in [6.45, 7) is 1.68. The number of amides is 1. The Kier molecular flexibility index (Phi) is 5.15. The average molecular weight is 331 g/mol. The van der Waals surface area contributed by atoms with Gasteiger partial charge < -0.3 is 5.73 Å². The van der Waals surface area contributed by atoms with Crippen molar-refractivity contribution in [1.82, 2.24) is 10.4 Å². The first-order chi connectivity index (χ1) is 11.0. The number of carbonyl (C=O) groups is 1. The van der Waals surface area contributed by atoms with Crippen molar-refractivity contribution in [3.05, 3.63) is 56.6 Å². The molecule has 0 spiro atoms. The van der Waals surface area contributed by atoms with Crippen LogP contribution in [-0.2, 0) is 0 Å². The SMILES string of the molecule is Cc1nc(N)sc1C(=O)NN=CC=Cc1ccccc1[N+](=O)[O-]. The fraction of sp³-hybridized carbons (Fsp3) is 0.0714. The topological polar surface area (TPSA) is 124 Å². The Hall–Kier alpha value is -3.07. The Morgan fingerprint density at radius 3 is 2.87 bits per heavy atom. The molecule has 2 aromatic rings. The van der Waals surface area contributed by atoms with Gasteiger partial charge in [-0.05, 0) is 25.1 Å². The van der Waals surface area contributed by atoms with Gasteiger partial charge in [0.25, 0.3) is 11.6 Å². The van der Waals surface area contributed by atoms with Crippen LogP contribution in [0, 0.1) is 17.0 Å². The number of carbonyl (C=O) groups excluding carboxylic acids is 1. The van der Waals surface area contributed by atoms with Crippen LogP contribution in [0.25, 0.3) is 6.08 Å². The standard InChI is InChI=1S/C14H13N5O3S/c1-9-12(23-14(15)17-9)13(20)18-16-8-4-6-10-5-2-3-7-11(10)19(21)22/h2-8H,1H3,(H2,15,17)(H,18,20). The summed E-state index contributed by atoms with van der Waals surface area (Å²) in [5.74, 6) is -0.410. The Balaban J connectivity index is 1.98. The van der Waals surface area contributed by atoms with Crippen LogP contribution in [0.1, 0.15) is 20.9 Å². The van der Waals surface area contributed by atoms with Crippen LogP contribution in [-0.4, -0.2) is 22.0 Å². The van der Waals surface area contributed by atoms with E-state index in [-0.39, 0.29) is 5.69 Å². The predicted octanol–water partition coefficient (Wildman–Crippen LogP) is 2.37. The average Bonchev–Trinajstić information content (AvgIpc) is 2.85. The first-order valence-electron chi connectivity index (χ1n) is 6.45. The molecule has 23 heavy (non-hydrogen) atoms. The summed E-state index contributed by atoms with van der Waals surface area (Å²) < 4.78 is 0. The van der Waals surface area contributed by atoms with E-state index in [1.165, 1.54) is 24.4 Å². The molecule has 0 aliphatic carbocycles. The van der Waals surface area contributed by atoms with E-state index < -0.39 is 10.8 Å². The summed E-state index contributed by atoms with van der Waals surface area (Å²) in [5, 5.41) is 14.9. The molecule has 0 aliphatic rings. The molecular weight excluding hydrogens is 318 g/mol. The van der Waals surface area contributed by atoms with Gasteiger partial charge in [-0.3, -0.25) is 14.9 Å². The summed E-state index contributed by atoms with van der Waals surface area (Å²) in [6.07, 6.45) is 4.36. The second-order valence-electron chi connectivity index (χ2n) is 4.36. The van der Waals surface area contributed by atoms with E-state index in [1.807, 2.05) is 0 Å². The van der Waals surface area contributed by atoms with Gasteiger partial charge in [0, 0.05) is 12.3 Å². The summed E-state index contributed by atoms with van der Waals surface area (Å²) in [5.41, 5.74) is 8.84. The number of nitrogens with one attached hydrogen (secondary N) is 1. The zero-order valence-corrected chi connectivity index (χ0v) is 12.9. The van der Waals surface area contributed by atoms with Gasteiger partial charge in [-0.2, -0.15) is 5.10 Å². The van der Waals surface area contributed by atoms with Crippen molar-refractivity contribution in [3.8, 4) is 0 Å². The summed E-state index contributed by atoms with van der Waals surface area (Å²) in [4.78, 5) is 26.6. The lowest BCUT2D eigenvalue weighted by molar-refractivity contribution is -0.385. The minimum atomic E-state index is -0.463. The van der Waals surface area contributed by atoms with Crippen molar-refractivity contribution in [2.45, 2.75) is 6.92 Å². The van der Waals surface area contributed by atoms with E-state index in [2.05, 4.69) is 15.5 Å². The number of nitrogens with zero attached hydrogens (tertiary/aromatic N) is 3. The predicted molar refractivity (Wildman–Crippen MR) is 89.4 cm³/mol. The highest BCUT2D eigenvalue weighted by Crippen LogP contribution is 2.19. The number of benzene rings is 1. The largest absolute Gasteiger partial charge is 0.375 e. The molecule has 1 heterocycles. The maximum atomic E-state index is 11.8. The number of aromatic nitrogens is 1. The maximum Gasteiger partial charge on any atom is 0.283 e. The van der Waals surface area contributed by atoms with Crippen molar-refractivity contribution in [2.75, 3.05) is 5.73 Å². The normalized spacial score (nSPS) is 11.2. The van der Waals surface area contributed by atoms with Gasteiger partial charge in [0.1, 0.15) is 4.88 Å². The van der Waals surface area contributed by atoms with Crippen LogP contribution >= 0.6 is 11.3 Å². The second kappa shape index (κ2) is 7.27. The minimum Gasteiger partial charge on any atom is -0.375 e. The lowest BCUT2D eigenvalue weighted by Crippen LogP contribution is -2.16. The number of hydrazone groups is 1. The minimum absolute atomic E-state index is 0.00283. The fourth-order valence-electron chi connectivity index (χ4n) is 1.76. The molecule has 1 aromatic carbocycles. The van der Waals surface area contributed by atoms with E-state index in [0.29, 0.717) is 21.3 Å². The zero-order valence-electron chi connectivity index (χ0n) is 12.1. The number of nitro groups is 1. The van der Waals surface area contributed by atoms with Crippen LogP contribution in [0.3, 0.4) is 0 Å². The van der Waals surface area contributed by atoms with Crippen LogP contribution < -0.4 is 11.2 Å². The maximum absolute atomic E-state index is 11.8. The van der Waals surface area contributed by atoms with Crippen molar-refractivity contribution < 1.29 is 9.72 Å². The first kappa shape index (κ1) is 16.3. The molecule has 9 heteroatoms. The third kappa shape index (κ3) is 4.20. The molecule has 0 fully saturated rings. The molecule has 2 rings (SSSR count). The molecule has 0 atom stereocenters. The number of hydrogen-bond donors (Lipinski definition) is 2. The monoisotopic (exact) mass is 331 g/mol. The third-order valence-electron chi connectivity index (χ3n) is 2.76. The number of hydrogen-bond acceptors (Lipinski definition) is 7. The highest BCUT2D eigenvalue weighted by Gasteiger charge is 2.13. The molecule has 3 N–H and O–H groups in total. The summed E-state index contributed by atoms with van der Waals surface area (Å²) in [6, 6.07) is 6.32. The molecule has 0 saturated carbocycles. The van der Waals surface area contributed by atoms with E-state index in [9.17, 15) is 14.9 Å². The van der Waals surface area contributed by atoms with Crippen LogP contribution in [0.5, 0.6) is 0 Å². The van der Waals surface area contributed by atoms with Gasteiger partial charge in [-0.25, -0.2) is 10.4 Å². The van der Waals surface area contributed by atoms with Gasteiger partial charge in [0.15, 0.2) is 5.13 Å². The zero-order chi connectivity index (χ0) is 16.8. The number of para-hydroxylation sites is 1. The first-order valence-corrected chi connectivity index (χ1v) is 7.27. The number of anilines is 1. The van der Waals surface area contributed by atoms with Crippen molar-refractivity contribution in [1.29, 1.82) is 0 Å². The molecule has 118 valence electrons. The quantitative estimate of drug-likeness (QED) is 0.494. The highest BCUT2D eigenvalue weighted by molar-refractivity contribution is 7.17. The number of allylic oxidation sites excluding steroid dienone is 1. The van der Waals surface area contributed by atoms with Crippen molar-refractivity contribution in [2.24, 2.45) is 5.10 Å². The molecule has 0 bridgehead atoms. The number of thiazole rings is 1. The molecule has 0 unspecified atom stereocenters. The number of nitro benzene ring substituents is 1. The van der Waals surface area contributed by atoms with E-state index in [4.69, 9.17) is 5.73 Å². The van der Waals surface area contributed by atoms with Crippen molar-refractivity contribution >= 4 is 40.4 Å². The molecule has 1 aromatic heterocycles. The molecule has 8 nitrogen and oxygen atoms in total. The lowest BCUT2D eigenvalue weighted by atomic mass is 10.2. The Bertz CT molecular complexity index is 797. The smallest absolute Gasteiger partial charge is 0.283 e. The van der Waals surface area contributed by atoms with Gasteiger partial charge in [-0.1, -0.05) is 23.5 Å². The Labute approximate surface area is 135 Å². The number of nitrogen functional groups attached to an aromatic ring is 1. The molecular formula is C14H13N5O3S. The molecule has 0 aliphatic heterocycles. The van der Waals surface area contributed by atoms with E-state index >= 15 is 0 Å².